The van der Waals surface area contributed by atoms with Crippen LogP contribution in [0.25, 0.3) is 11.8 Å². The summed E-state index contributed by atoms with van der Waals surface area (Å²) in [5, 5.41) is 10.2. The van der Waals surface area contributed by atoms with Crippen molar-refractivity contribution in [3.05, 3.63) is 83.2 Å². The Morgan fingerprint density at radius 2 is 1.61 bits per heavy atom. The first-order valence-corrected chi connectivity index (χ1v) is 10.3. The zero-order valence-electron chi connectivity index (χ0n) is 16.5. The smallest absolute Gasteiger partial charge is 0.270 e. The molecular formula is C23H18ClN3O3S. The Kier molecular flexibility index (Phi) is 5.63. The molecule has 1 aliphatic rings. The minimum absolute atomic E-state index is 0.00382. The lowest BCUT2D eigenvalue weighted by atomic mass is 10.1. The third-order valence-electron chi connectivity index (χ3n) is 4.93. The second-order valence-electron chi connectivity index (χ2n) is 6.83. The molecule has 1 fully saturated rings. The fourth-order valence-electron chi connectivity index (χ4n) is 3.38. The number of thiocarbonyl (C=S) groups is 1. The van der Waals surface area contributed by atoms with E-state index in [9.17, 15) is 14.7 Å². The normalized spacial score (nSPS) is 15.8. The third-order valence-corrected chi connectivity index (χ3v) is 5.59. The van der Waals surface area contributed by atoms with Crippen LogP contribution in [0, 0.1) is 0 Å². The summed E-state index contributed by atoms with van der Waals surface area (Å²) in [6, 6.07) is 17.0. The quantitative estimate of drug-likeness (QED) is 0.363. The Bertz CT molecular complexity index is 1200. The highest BCUT2D eigenvalue weighted by Crippen LogP contribution is 2.28. The van der Waals surface area contributed by atoms with Crippen LogP contribution in [-0.2, 0) is 9.59 Å². The average molecular weight is 452 g/mol. The van der Waals surface area contributed by atoms with Gasteiger partial charge in [-0.1, -0.05) is 11.6 Å². The maximum Gasteiger partial charge on any atom is 0.270 e. The number of anilines is 1. The molecule has 2 heterocycles. The predicted octanol–water partition coefficient (Wildman–Crippen LogP) is 4.40. The van der Waals surface area contributed by atoms with E-state index in [0.717, 1.165) is 5.69 Å². The van der Waals surface area contributed by atoms with Crippen LogP contribution in [0.1, 0.15) is 12.6 Å². The Labute approximate surface area is 189 Å². The number of aromatic nitrogens is 1. The van der Waals surface area contributed by atoms with Crippen molar-refractivity contribution in [1.82, 2.24) is 9.47 Å². The van der Waals surface area contributed by atoms with Gasteiger partial charge in [-0.3, -0.25) is 19.4 Å². The van der Waals surface area contributed by atoms with Gasteiger partial charge in [0.1, 0.15) is 11.3 Å². The zero-order valence-corrected chi connectivity index (χ0v) is 18.1. The molecule has 0 unspecified atom stereocenters. The van der Waals surface area contributed by atoms with Crippen LogP contribution >= 0.6 is 23.8 Å². The Morgan fingerprint density at radius 3 is 2.26 bits per heavy atom. The summed E-state index contributed by atoms with van der Waals surface area (Å²) in [6.45, 7) is 2.13. The first kappa shape index (κ1) is 20.8. The number of carbonyl (C=O) groups excluding carboxylic acids is 2. The SMILES string of the molecule is CCN1C(=O)/C(=C/c2cccn2-c2ccc(O)cc2)C(=O)N(c2ccc(Cl)cc2)C1=S. The van der Waals surface area contributed by atoms with Crippen molar-refractivity contribution >= 4 is 52.5 Å². The molecule has 6 nitrogen and oxygen atoms in total. The Morgan fingerprint density at radius 1 is 0.968 bits per heavy atom. The van der Waals surface area contributed by atoms with Crippen LogP contribution in [-0.4, -0.2) is 38.0 Å². The molecule has 2 amide bonds. The van der Waals surface area contributed by atoms with Crippen molar-refractivity contribution in [2.45, 2.75) is 6.92 Å². The van der Waals surface area contributed by atoms with Crippen molar-refractivity contribution in [1.29, 1.82) is 0 Å². The standard InChI is InChI=1S/C23H18ClN3O3S/c1-2-25-21(29)20(22(30)27(23(25)31)17-7-5-15(24)6-8-17)14-18-4-3-13-26(18)16-9-11-19(28)12-10-16/h3-14,28H,2H2,1H3/b20-14-. The summed E-state index contributed by atoms with van der Waals surface area (Å²) in [7, 11) is 0. The van der Waals surface area contributed by atoms with Crippen molar-refractivity contribution in [3.8, 4) is 11.4 Å². The molecule has 1 N–H and O–H groups in total. The number of phenols is 1. The number of hydrogen-bond donors (Lipinski definition) is 1. The highest BCUT2D eigenvalue weighted by molar-refractivity contribution is 7.80. The van der Waals surface area contributed by atoms with E-state index in [0.29, 0.717) is 22.9 Å². The van der Waals surface area contributed by atoms with Crippen molar-refractivity contribution < 1.29 is 14.7 Å². The van der Waals surface area contributed by atoms with Gasteiger partial charge in [0.05, 0.1) is 5.69 Å². The van der Waals surface area contributed by atoms with Gasteiger partial charge < -0.3 is 9.67 Å². The van der Waals surface area contributed by atoms with Crippen LogP contribution in [0.15, 0.2) is 72.4 Å². The number of aromatic hydroxyl groups is 1. The molecule has 3 aromatic rings. The van der Waals surface area contributed by atoms with E-state index in [4.69, 9.17) is 23.8 Å². The molecule has 156 valence electrons. The van der Waals surface area contributed by atoms with E-state index in [1.165, 1.54) is 9.80 Å². The van der Waals surface area contributed by atoms with Gasteiger partial charge in [-0.25, -0.2) is 0 Å². The molecule has 0 aliphatic carbocycles. The van der Waals surface area contributed by atoms with Gasteiger partial charge in [-0.15, -0.1) is 0 Å². The zero-order chi connectivity index (χ0) is 22.1. The van der Waals surface area contributed by atoms with Crippen molar-refractivity contribution in [2.75, 3.05) is 11.4 Å². The Balaban J connectivity index is 1.79. The number of nitrogens with zero attached hydrogens (tertiary/aromatic N) is 3. The van der Waals surface area contributed by atoms with Crippen LogP contribution in [0.2, 0.25) is 5.02 Å². The van der Waals surface area contributed by atoms with Gasteiger partial charge in [0, 0.05) is 29.1 Å². The molecule has 4 rings (SSSR count). The molecule has 2 aromatic carbocycles. The highest BCUT2D eigenvalue weighted by atomic mass is 35.5. The number of rotatable bonds is 4. The molecule has 31 heavy (non-hydrogen) atoms. The average Bonchev–Trinajstić information content (AvgIpc) is 3.22. The molecule has 0 bridgehead atoms. The fraction of sp³-hybridized carbons (Fsp3) is 0.0870. The Hall–Kier alpha value is -3.42. The molecule has 0 saturated carbocycles. The molecule has 1 aromatic heterocycles. The second kappa shape index (κ2) is 8.37. The van der Waals surface area contributed by atoms with Crippen LogP contribution in [0.5, 0.6) is 5.75 Å². The van der Waals surface area contributed by atoms with E-state index >= 15 is 0 Å². The van der Waals surface area contributed by atoms with Gasteiger partial charge >= 0.3 is 0 Å². The van der Waals surface area contributed by atoms with E-state index in [-0.39, 0.29) is 16.4 Å². The topological polar surface area (TPSA) is 65.8 Å². The second-order valence-corrected chi connectivity index (χ2v) is 7.63. The van der Waals surface area contributed by atoms with Crippen LogP contribution in [0.3, 0.4) is 0 Å². The molecule has 1 aliphatic heterocycles. The van der Waals surface area contributed by atoms with Gasteiger partial charge in [0.15, 0.2) is 5.11 Å². The van der Waals surface area contributed by atoms with Crippen LogP contribution in [0.4, 0.5) is 5.69 Å². The van der Waals surface area contributed by atoms with Crippen LogP contribution < -0.4 is 4.90 Å². The number of carbonyl (C=O) groups is 2. The minimum Gasteiger partial charge on any atom is -0.508 e. The summed E-state index contributed by atoms with van der Waals surface area (Å²) in [5.41, 5.74) is 1.96. The number of hydrogen-bond acceptors (Lipinski definition) is 4. The number of likely N-dealkylation sites (N-methyl/N-ethyl adjacent to an activating group) is 1. The van der Waals surface area contributed by atoms with Gasteiger partial charge in [0.25, 0.3) is 11.8 Å². The summed E-state index contributed by atoms with van der Waals surface area (Å²) in [5.74, 6) is -0.791. The molecule has 0 spiro atoms. The highest BCUT2D eigenvalue weighted by Gasteiger charge is 2.39. The summed E-state index contributed by atoms with van der Waals surface area (Å²) in [4.78, 5) is 29.2. The first-order valence-electron chi connectivity index (χ1n) is 9.55. The summed E-state index contributed by atoms with van der Waals surface area (Å²) in [6.07, 6.45) is 3.38. The molecule has 0 radical (unpaired) electrons. The summed E-state index contributed by atoms with van der Waals surface area (Å²) >= 11 is 11.4. The lowest BCUT2D eigenvalue weighted by Gasteiger charge is -2.36. The van der Waals surface area contributed by atoms with Gasteiger partial charge in [-0.05, 0) is 85.9 Å². The monoisotopic (exact) mass is 451 g/mol. The molecule has 8 heteroatoms. The summed E-state index contributed by atoms with van der Waals surface area (Å²) < 4.78 is 1.82. The van der Waals surface area contributed by atoms with E-state index in [2.05, 4.69) is 0 Å². The maximum atomic E-state index is 13.4. The third kappa shape index (κ3) is 3.85. The predicted molar refractivity (Wildman–Crippen MR) is 124 cm³/mol. The maximum absolute atomic E-state index is 13.4. The number of benzene rings is 2. The van der Waals surface area contributed by atoms with E-state index < -0.39 is 11.8 Å². The molecule has 1 saturated heterocycles. The molecule has 0 atom stereocenters. The first-order chi connectivity index (χ1) is 14.9. The van der Waals surface area contributed by atoms with Gasteiger partial charge in [0.2, 0.25) is 0 Å². The largest absolute Gasteiger partial charge is 0.508 e. The number of phenolic OH excluding ortho intramolecular Hbond substituents is 1. The van der Waals surface area contributed by atoms with Crippen molar-refractivity contribution in [3.63, 3.8) is 0 Å². The lowest BCUT2D eigenvalue weighted by molar-refractivity contribution is -0.127. The van der Waals surface area contributed by atoms with Gasteiger partial charge in [-0.2, -0.15) is 0 Å². The van der Waals surface area contributed by atoms with E-state index in [1.807, 2.05) is 16.8 Å². The number of halogens is 1. The molecular weight excluding hydrogens is 434 g/mol. The minimum atomic E-state index is -0.500. The van der Waals surface area contributed by atoms with E-state index in [1.54, 1.807) is 67.6 Å². The fourth-order valence-corrected chi connectivity index (χ4v) is 3.91. The van der Waals surface area contributed by atoms with Crippen molar-refractivity contribution in [2.24, 2.45) is 0 Å². The number of amides is 2. The lowest BCUT2D eigenvalue weighted by Crippen LogP contribution is -2.56.